The van der Waals surface area contributed by atoms with Crippen LogP contribution >= 0.6 is 22.7 Å². The van der Waals surface area contributed by atoms with Crippen LogP contribution in [0.5, 0.6) is 0 Å². The second kappa shape index (κ2) is 8.26. The van der Waals surface area contributed by atoms with E-state index in [1.807, 2.05) is 37.3 Å². The zero-order chi connectivity index (χ0) is 21.1. The number of benzene rings is 2. The van der Waals surface area contributed by atoms with Gasteiger partial charge in [0.1, 0.15) is 5.01 Å². The third-order valence-corrected chi connectivity index (χ3v) is 7.40. The molecule has 2 N–H and O–H groups in total. The first kappa shape index (κ1) is 20.1. The highest BCUT2D eigenvalue weighted by atomic mass is 32.2. The summed E-state index contributed by atoms with van der Waals surface area (Å²) in [7, 11) is -4.02. The van der Waals surface area contributed by atoms with E-state index >= 15 is 0 Å². The van der Waals surface area contributed by atoms with Gasteiger partial charge in [-0.2, -0.15) is 8.42 Å². The highest BCUT2D eigenvalue weighted by molar-refractivity contribution is 7.94. The lowest BCUT2D eigenvalue weighted by Gasteiger charge is -2.01. The molecule has 0 aliphatic carbocycles. The van der Waals surface area contributed by atoms with Crippen molar-refractivity contribution in [2.75, 3.05) is 10.0 Å². The third kappa shape index (κ3) is 4.50. The molecule has 4 aromatic rings. The summed E-state index contributed by atoms with van der Waals surface area (Å²) in [5.41, 5.74) is 2.28. The van der Waals surface area contributed by atoms with Gasteiger partial charge in [-0.25, -0.2) is 0 Å². The van der Waals surface area contributed by atoms with Crippen molar-refractivity contribution in [3.8, 4) is 10.6 Å². The average molecular weight is 459 g/mol. The van der Waals surface area contributed by atoms with Crippen molar-refractivity contribution in [1.82, 2.24) is 20.4 Å². The van der Waals surface area contributed by atoms with Gasteiger partial charge in [-0.15, -0.1) is 20.4 Å². The monoisotopic (exact) mass is 458 g/mol. The van der Waals surface area contributed by atoms with Crippen LogP contribution in [0.25, 0.3) is 10.6 Å². The molecule has 9 nitrogen and oxygen atoms in total. The Balaban J connectivity index is 1.46. The van der Waals surface area contributed by atoms with Gasteiger partial charge in [0.05, 0.1) is 0 Å². The summed E-state index contributed by atoms with van der Waals surface area (Å²) in [6, 6.07) is 16.2. The van der Waals surface area contributed by atoms with Crippen molar-refractivity contribution in [1.29, 1.82) is 0 Å². The molecular formula is C18H14N6O3S3. The minimum Gasteiger partial charge on any atom is -0.296 e. The van der Waals surface area contributed by atoms with Crippen LogP contribution in [0.15, 0.2) is 58.9 Å². The average Bonchev–Trinajstić information content (AvgIpc) is 3.39. The first-order valence-electron chi connectivity index (χ1n) is 8.54. The summed E-state index contributed by atoms with van der Waals surface area (Å²) < 4.78 is 27.2. The number of amides is 1. The molecule has 0 saturated carbocycles. The Bertz CT molecular complexity index is 1280. The second-order valence-corrected chi connectivity index (χ2v) is 9.89. The van der Waals surface area contributed by atoms with Crippen molar-refractivity contribution in [2.24, 2.45) is 0 Å². The molecule has 4 rings (SSSR count). The van der Waals surface area contributed by atoms with E-state index in [4.69, 9.17) is 0 Å². The van der Waals surface area contributed by atoms with Crippen LogP contribution in [-0.2, 0) is 10.0 Å². The topological polar surface area (TPSA) is 127 Å². The Morgan fingerprint density at radius 3 is 2.30 bits per heavy atom. The molecule has 0 aliphatic rings. The lowest BCUT2D eigenvalue weighted by atomic mass is 10.1. The van der Waals surface area contributed by atoms with Crippen molar-refractivity contribution in [3.05, 3.63) is 65.7 Å². The van der Waals surface area contributed by atoms with E-state index < -0.39 is 15.9 Å². The van der Waals surface area contributed by atoms with Gasteiger partial charge < -0.3 is 0 Å². The summed E-state index contributed by atoms with van der Waals surface area (Å²) in [6.07, 6.45) is 0. The van der Waals surface area contributed by atoms with Gasteiger partial charge in [0.15, 0.2) is 0 Å². The smallest absolute Gasteiger partial charge is 0.293 e. The highest BCUT2D eigenvalue weighted by Gasteiger charge is 2.23. The van der Waals surface area contributed by atoms with Crippen LogP contribution in [-0.4, -0.2) is 34.7 Å². The van der Waals surface area contributed by atoms with Gasteiger partial charge >= 0.3 is 0 Å². The maximum atomic E-state index is 12.6. The van der Waals surface area contributed by atoms with E-state index in [0.29, 0.717) is 10.6 Å². The maximum absolute atomic E-state index is 12.6. The van der Waals surface area contributed by atoms with Crippen LogP contribution in [0.3, 0.4) is 0 Å². The first-order chi connectivity index (χ1) is 14.4. The number of rotatable bonds is 6. The van der Waals surface area contributed by atoms with E-state index in [9.17, 15) is 13.2 Å². The third-order valence-electron chi connectivity index (χ3n) is 3.84. The molecule has 0 bridgehead atoms. The van der Waals surface area contributed by atoms with Gasteiger partial charge in [-0.05, 0) is 19.1 Å². The summed E-state index contributed by atoms with van der Waals surface area (Å²) in [5.74, 6) is -0.403. The zero-order valence-corrected chi connectivity index (χ0v) is 17.9. The number of carbonyl (C=O) groups is 1. The van der Waals surface area contributed by atoms with Gasteiger partial charge in [0, 0.05) is 11.1 Å². The van der Waals surface area contributed by atoms with E-state index in [0.717, 1.165) is 33.8 Å². The molecule has 2 heterocycles. The Hall–Kier alpha value is -3.22. The molecule has 12 heteroatoms. The second-order valence-electron chi connectivity index (χ2n) is 6.08. The standard InChI is InChI=1S/C18H14N6O3S3/c1-11-7-9-12(10-8-11)14(25)19-16-21-23-18(29-16)30(26,27)24-17-22-20-15(28-17)13-5-3-2-4-6-13/h2-10H,1H3,(H,22,24)(H,19,21,25). The minimum absolute atomic E-state index is 0.0724. The Morgan fingerprint density at radius 2 is 1.57 bits per heavy atom. The summed E-state index contributed by atoms with van der Waals surface area (Å²) in [5, 5.41) is 18.6. The lowest BCUT2D eigenvalue weighted by molar-refractivity contribution is 0.102. The zero-order valence-electron chi connectivity index (χ0n) is 15.4. The number of hydrogen-bond donors (Lipinski definition) is 2. The van der Waals surface area contributed by atoms with Gasteiger partial charge in [0.2, 0.25) is 10.3 Å². The number of aryl methyl sites for hydroxylation is 1. The number of nitrogens with zero attached hydrogens (tertiary/aromatic N) is 4. The van der Waals surface area contributed by atoms with E-state index in [2.05, 4.69) is 30.4 Å². The molecule has 0 aliphatic heterocycles. The van der Waals surface area contributed by atoms with Gasteiger partial charge in [-0.1, -0.05) is 70.7 Å². The fourth-order valence-electron chi connectivity index (χ4n) is 2.36. The summed E-state index contributed by atoms with van der Waals surface area (Å²) >= 11 is 1.84. The molecule has 2 aromatic carbocycles. The number of hydrogen-bond acceptors (Lipinski definition) is 9. The molecule has 0 fully saturated rings. The maximum Gasteiger partial charge on any atom is 0.293 e. The number of aromatic nitrogens is 4. The van der Waals surface area contributed by atoms with Crippen molar-refractivity contribution in [3.63, 3.8) is 0 Å². The van der Waals surface area contributed by atoms with Crippen LogP contribution in [0.2, 0.25) is 0 Å². The van der Waals surface area contributed by atoms with E-state index in [1.165, 1.54) is 0 Å². The van der Waals surface area contributed by atoms with Crippen molar-refractivity contribution >= 4 is 48.9 Å². The van der Waals surface area contributed by atoms with Crippen molar-refractivity contribution < 1.29 is 13.2 Å². The molecule has 0 spiro atoms. The Morgan fingerprint density at radius 1 is 0.867 bits per heavy atom. The Kier molecular flexibility index (Phi) is 5.53. The van der Waals surface area contributed by atoms with E-state index in [1.54, 1.807) is 24.3 Å². The number of nitrogens with one attached hydrogen (secondary N) is 2. The van der Waals surface area contributed by atoms with Gasteiger partial charge in [0.25, 0.3) is 20.3 Å². The molecular weight excluding hydrogens is 444 g/mol. The molecule has 0 atom stereocenters. The van der Waals surface area contributed by atoms with Crippen LogP contribution < -0.4 is 10.0 Å². The predicted octanol–water partition coefficient (Wildman–Crippen LogP) is 3.42. The van der Waals surface area contributed by atoms with Crippen LogP contribution in [0.4, 0.5) is 10.3 Å². The molecule has 0 unspecified atom stereocenters. The summed E-state index contributed by atoms with van der Waals surface area (Å²) in [6.45, 7) is 1.91. The van der Waals surface area contributed by atoms with Gasteiger partial charge in [-0.3, -0.25) is 14.8 Å². The molecule has 0 radical (unpaired) electrons. The molecule has 1 amide bonds. The summed E-state index contributed by atoms with van der Waals surface area (Å²) in [4.78, 5) is 12.3. The highest BCUT2D eigenvalue weighted by Crippen LogP contribution is 2.28. The van der Waals surface area contributed by atoms with Crippen LogP contribution in [0, 0.1) is 6.92 Å². The molecule has 0 saturated heterocycles. The fraction of sp³-hybridized carbons (Fsp3) is 0.0556. The molecule has 2 aromatic heterocycles. The molecule has 30 heavy (non-hydrogen) atoms. The lowest BCUT2D eigenvalue weighted by Crippen LogP contribution is -2.12. The Labute approximate surface area is 179 Å². The van der Waals surface area contributed by atoms with Crippen molar-refractivity contribution in [2.45, 2.75) is 11.3 Å². The fourth-order valence-corrected chi connectivity index (χ4v) is 5.24. The number of sulfonamides is 1. The van der Waals surface area contributed by atoms with E-state index in [-0.39, 0.29) is 14.6 Å². The predicted molar refractivity (Wildman–Crippen MR) is 115 cm³/mol. The SMILES string of the molecule is Cc1ccc(C(=O)Nc2nnc(S(=O)(=O)Nc3nnc(-c4ccccc4)s3)s2)cc1. The van der Waals surface area contributed by atoms with Crippen LogP contribution in [0.1, 0.15) is 15.9 Å². The number of anilines is 2. The minimum atomic E-state index is -4.02. The largest absolute Gasteiger partial charge is 0.296 e. The normalized spacial score (nSPS) is 11.2. The molecule has 152 valence electrons. The number of carbonyl (C=O) groups excluding carboxylic acids is 1. The first-order valence-corrected chi connectivity index (χ1v) is 11.7. The quantitative estimate of drug-likeness (QED) is 0.424.